The van der Waals surface area contributed by atoms with Crippen LogP contribution in [0.4, 0.5) is 6.01 Å². The highest BCUT2D eigenvalue weighted by Crippen LogP contribution is 2.38. The Morgan fingerprint density at radius 1 is 1.20 bits per heavy atom. The molecule has 1 saturated heterocycles. The molecular weight excluding hydrogens is 470 g/mol. The van der Waals surface area contributed by atoms with Crippen LogP contribution in [0.3, 0.4) is 0 Å². The fourth-order valence-electron chi connectivity index (χ4n) is 4.00. The van der Waals surface area contributed by atoms with Crippen molar-refractivity contribution < 1.29 is 18.7 Å². The summed E-state index contributed by atoms with van der Waals surface area (Å²) in [7, 11) is 3.64. The van der Waals surface area contributed by atoms with E-state index < -0.39 is 0 Å². The van der Waals surface area contributed by atoms with Crippen LogP contribution < -0.4 is 14.9 Å². The predicted molar refractivity (Wildman–Crippen MR) is 137 cm³/mol. The van der Waals surface area contributed by atoms with Crippen LogP contribution in [0.5, 0.6) is 11.5 Å². The molecule has 9 nitrogen and oxygen atoms in total. The largest absolute Gasteiger partial charge is 0.491 e. The second-order valence-electron chi connectivity index (χ2n) is 9.72. The van der Waals surface area contributed by atoms with Gasteiger partial charge in [0.25, 0.3) is 6.01 Å². The second kappa shape index (κ2) is 10.6. The second-order valence-corrected chi connectivity index (χ2v) is 10.1. The van der Waals surface area contributed by atoms with Crippen LogP contribution in [0.25, 0.3) is 22.3 Å². The third-order valence-corrected chi connectivity index (χ3v) is 6.11. The van der Waals surface area contributed by atoms with E-state index in [0.29, 0.717) is 52.7 Å². The molecule has 0 atom stereocenters. The van der Waals surface area contributed by atoms with Crippen molar-refractivity contribution in [1.82, 2.24) is 19.9 Å². The molecule has 1 fully saturated rings. The average Bonchev–Trinajstić information content (AvgIpc) is 3.24. The van der Waals surface area contributed by atoms with Gasteiger partial charge in [0.05, 0.1) is 24.4 Å². The Morgan fingerprint density at radius 3 is 2.71 bits per heavy atom. The number of oxazole rings is 1. The topological polar surface area (TPSA) is 85.1 Å². The van der Waals surface area contributed by atoms with Crippen molar-refractivity contribution >= 4 is 28.5 Å². The number of fused-ring (bicyclic) bond motifs is 1. The molecule has 0 unspecified atom stereocenters. The first-order chi connectivity index (χ1) is 16.6. The SMILES string of the molecule is CC(C)Nc1nc(-c2cc(ON(C)C)c3ccc(OCCN4CCOCC4(C)C)c(Cl)c3n2)co1. The standard InChI is InChI=1S/C25H34ClN5O4/c1-16(2)27-24-29-19(14-34-24)18-13-21(35-30(5)6)17-7-8-20(22(26)23(17)28-18)33-12-10-31-9-11-32-15-25(31,3)4/h7-8,13-14,16H,9-12,15H2,1-6H3,(H,27,29). The van der Waals surface area contributed by atoms with E-state index in [4.69, 9.17) is 35.3 Å². The van der Waals surface area contributed by atoms with Gasteiger partial charge in [-0.2, -0.15) is 10.0 Å². The van der Waals surface area contributed by atoms with Gasteiger partial charge in [0.15, 0.2) is 5.75 Å². The number of ether oxygens (including phenoxy) is 2. The maximum absolute atomic E-state index is 6.81. The Morgan fingerprint density at radius 2 is 2.00 bits per heavy atom. The number of pyridine rings is 1. The molecule has 190 valence electrons. The number of nitrogens with zero attached hydrogens (tertiary/aromatic N) is 4. The fourth-order valence-corrected chi connectivity index (χ4v) is 4.26. The van der Waals surface area contributed by atoms with Gasteiger partial charge >= 0.3 is 0 Å². The third kappa shape index (κ3) is 5.98. The van der Waals surface area contributed by atoms with Gasteiger partial charge in [0.2, 0.25) is 0 Å². The highest BCUT2D eigenvalue weighted by Gasteiger charge is 2.30. The Labute approximate surface area is 211 Å². The Balaban J connectivity index is 1.62. The molecule has 0 bridgehead atoms. The lowest BCUT2D eigenvalue weighted by atomic mass is 10.0. The Bertz CT molecular complexity index is 1160. The number of hydrogen-bond acceptors (Lipinski definition) is 9. The Kier molecular flexibility index (Phi) is 7.70. The number of hydroxylamine groups is 2. The number of hydrogen-bond donors (Lipinski definition) is 1. The molecule has 1 aliphatic rings. The first-order valence-electron chi connectivity index (χ1n) is 11.8. The summed E-state index contributed by atoms with van der Waals surface area (Å²) < 4.78 is 17.3. The van der Waals surface area contributed by atoms with E-state index in [1.807, 2.05) is 46.1 Å². The van der Waals surface area contributed by atoms with Crippen molar-refractivity contribution in [3.05, 3.63) is 29.5 Å². The number of halogens is 1. The molecule has 2 aromatic heterocycles. The van der Waals surface area contributed by atoms with Crippen molar-refractivity contribution in [3.8, 4) is 22.9 Å². The van der Waals surface area contributed by atoms with Gasteiger partial charge in [0.1, 0.15) is 29.3 Å². The predicted octanol–water partition coefficient (Wildman–Crippen LogP) is 4.71. The molecule has 0 saturated carbocycles. The first kappa shape index (κ1) is 25.5. The molecule has 10 heteroatoms. The number of aromatic nitrogens is 2. The van der Waals surface area contributed by atoms with E-state index in [0.717, 1.165) is 25.1 Å². The maximum atomic E-state index is 6.81. The molecule has 1 N–H and O–H groups in total. The molecule has 0 amide bonds. The molecule has 0 aliphatic carbocycles. The van der Waals surface area contributed by atoms with Crippen LogP contribution in [0.1, 0.15) is 27.7 Å². The highest BCUT2D eigenvalue weighted by atomic mass is 35.5. The van der Waals surface area contributed by atoms with Gasteiger partial charge in [-0.15, -0.1) is 0 Å². The number of benzene rings is 1. The van der Waals surface area contributed by atoms with E-state index in [2.05, 4.69) is 29.0 Å². The summed E-state index contributed by atoms with van der Waals surface area (Å²) in [5.74, 6) is 1.19. The molecule has 4 rings (SSSR count). The summed E-state index contributed by atoms with van der Waals surface area (Å²) in [4.78, 5) is 17.6. The van der Waals surface area contributed by atoms with E-state index >= 15 is 0 Å². The molecule has 3 aromatic rings. The number of morpholine rings is 1. The molecule has 3 heterocycles. The molecule has 1 aliphatic heterocycles. The van der Waals surface area contributed by atoms with Crippen molar-refractivity contribution in [2.45, 2.75) is 39.3 Å². The summed E-state index contributed by atoms with van der Waals surface area (Å²) in [6.07, 6.45) is 1.57. The van der Waals surface area contributed by atoms with Crippen LogP contribution in [0.15, 0.2) is 28.9 Å². The van der Waals surface area contributed by atoms with Crippen molar-refractivity contribution in [2.24, 2.45) is 0 Å². The zero-order valence-electron chi connectivity index (χ0n) is 21.2. The lowest BCUT2D eigenvalue weighted by Gasteiger charge is -2.41. The van der Waals surface area contributed by atoms with Crippen LogP contribution in [0.2, 0.25) is 5.02 Å². The number of anilines is 1. The summed E-state index contributed by atoms with van der Waals surface area (Å²) in [5, 5.41) is 5.98. The van der Waals surface area contributed by atoms with Crippen LogP contribution in [-0.2, 0) is 4.74 Å². The normalized spacial score (nSPS) is 16.3. The monoisotopic (exact) mass is 503 g/mol. The van der Waals surface area contributed by atoms with Gasteiger partial charge in [0, 0.05) is 50.2 Å². The molecule has 0 spiro atoms. The zero-order chi connectivity index (χ0) is 25.2. The van der Waals surface area contributed by atoms with Crippen molar-refractivity contribution in [3.63, 3.8) is 0 Å². The summed E-state index contributed by atoms with van der Waals surface area (Å²) in [5.41, 5.74) is 1.72. The first-order valence-corrected chi connectivity index (χ1v) is 12.2. The zero-order valence-corrected chi connectivity index (χ0v) is 22.0. The minimum Gasteiger partial charge on any atom is -0.491 e. The number of nitrogens with one attached hydrogen (secondary N) is 1. The molecule has 35 heavy (non-hydrogen) atoms. The molecular formula is C25H34ClN5O4. The van der Waals surface area contributed by atoms with Gasteiger partial charge in [-0.3, -0.25) is 4.90 Å². The van der Waals surface area contributed by atoms with Crippen LogP contribution in [-0.4, -0.2) is 78.5 Å². The number of rotatable bonds is 9. The minimum atomic E-state index is -0.0233. The molecule has 0 radical (unpaired) electrons. The highest BCUT2D eigenvalue weighted by molar-refractivity contribution is 6.36. The quantitative estimate of drug-likeness (QED) is 0.417. The van der Waals surface area contributed by atoms with Crippen LogP contribution in [0, 0.1) is 0 Å². The van der Waals surface area contributed by atoms with Crippen LogP contribution >= 0.6 is 11.6 Å². The fraction of sp³-hybridized carbons (Fsp3) is 0.520. The van der Waals surface area contributed by atoms with E-state index in [9.17, 15) is 0 Å². The van der Waals surface area contributed by atoms with Crippen molar-refractivity contribution in [1.29, 1.82) is 0 Å². The van der Waals surface area contributed by atoms with E-state index in [1.165, 1.54) is 0 Å². The van der Waals surface area contributed by atoms with Gasteiger partial charge in [-0.1, -0.05) is 11.6 Å². The maximum Gasteiger partial charge on any atom is 0.295 e. The summed E-state index contributed by atoms with van der Waals surface area (Å²) in [6, 6.07) is 6.23. The third-order valence-electron chi connectivity index (χ3n) is 5.74. The lowest BCUT2D eigenvalue weighted by molar-refractivity contribution is -0.0547. The lowest BCUT2D eigenvalue weighted by Crippen LogP contribution is -2.54. The van der Waals surface area contributed by atoms with E-state index in [-0.39, 0.29) is 11.6 Å². The van der Waals surface area contributed by atoms with E-state index in [1.54, 1.807) is 11.3 Å². The summed E-state index contributed by atoms with van der Waals surface area (Å²) in [6.45, 7) is 12.0. The van der Waals surface area contributed by atoms with Gasteiger partial charge in [-0.05, 0) is 39.8 Å². The van der Waals surface area contributed by atoms with Gasteiger partial charge in [-0.25, -0.2) is 4.98 Å². The van der Waals surface area contributed by atoms with Crippen molar-refractivity contribution in [2.75, 3.05) is 52.3 Å². The minimum absolute atomic E-state index is 0.0233. The Hall–Kier alpha value is -2.59. The molecule has 1 aromatic carbocycles. The smallest absolute Gasteiger partial charge is 0.295 e. The van der Waals surface area contributed by atoms with Gasteiger partial charge < -0.3 is 24.0 Å². The summed E-state index contributed by atoms with van der Waals surface area (Å²) >= 11 is 6.81. The average molecular weight is 504 g/mol.